The van der Waals surface area contributed by atoms with Crippen molar-refractivity contribution in [2.24, 2.45) is 0 Å². The predicted octanol–water partition coefficient (Wildman–Crippen LogP) is 0.702. The molecule has 2 aromatic rings. The Kier molecular flexibility index (Phi) is 4.87. The lowest BCUT2D eigenvalue weighted by Crippen LogP contribution is -2.30. The summed E-state index contributed by atoms with van der Waals surface area (Å²) in [6.07, 6.45) is 3.05. The van der Waals surface area contributed by atoms with Gasteiger partial charge >= 0.3 is 0 Å². The molecular formula is C17H19N5O4. The van der Waals surface area contributed by atoms with E-state index in [1.807, 2.05) is 0 Å². The molecule has 1 aromatic heterocycles. The van der Waals surface area contributed by atoms with Crippen molar-refractivity contribution >= 4 is 29.1 Å². The van der Waals surface area contributed by atoms with Gasteiger partial charge in [0.15, 0.2) is 0 Å². The normalized spacial score (nSPS) is 15.6. The second kappa shape index (κ2) is 7.26. The minimum Gasteiger partial charge on any atom is -0.497 e. The van der Waals surface area contributed by atoms with Crippen LogP contribution in [0.2, 0.25) is 0 Å². The van der Waals surface area contributed by atoms with Crippen molar-refractivity contribution in [1.82, 2.24) is 15.1 Å². The highest BCUT2D eigenvalue weighted by molar-refractivity contribution is 6.05. The Labute approximate surface area is 149 Å². The number of amides is 3. The van der Waals surface area contributed by atoms with Crippen molar-refractivity contribution in [3.8, 4) is 5.75 Å². The van der Waals surface area contributed by atoms with E-state index in [-0.39, 0.29) is 30.7 Å². The lowest BCUT2D eigenvalue weighted by Gasteiger charge is -2.25. The number of nitrogens with zero attached hydrogens (tertiary/aromatic N) is 2. The molecule has 26 heavy (non-hydrogen) atoms. The molecule has 3 rings (SSSR count). The van der Waals surface area contributed by atoms with E-state index in [1.165, 1.54) is 17.9 Å². The Balaban J connectivity index is 1.78. The van der Waals surface area contributed by atoms with Crippen LogP contribution < -0.4 is 20.7 Å². The van der Waals surface area contributed by atoms with Crippen molar-refractivity contribution in [2.45, 2.75) is 18.9 Å². The van der Waals surface area contributed by atoms with E-state index in [9.17, 15) is 14.4 Å². The molecule has 0 saturated carbocycles. The Morgan fingerprint density at radius 3 is 2.96 bits per heavy atom. The summed E-state index contributed by atoms with van der Waals surface area (Å²) >= 11 is 0. The Hall–Kier alpha value is -3.36. The molecule has 1 aromatic carbocycles. The van der Waals surface area contributed by atoms with Crippen molar-refractivity contribution in [3.05, 3.63) is 36.2 Å². The third kappa shape index (κ3) is 3.66. The summed E-state index contributed by atoms with van der Waals surface area (Å²) in [5, 5.41) is 12.0. The number of likely N-dealkylation sites (N-methyl/N-ethyl adjacent to an activating group) is 1. The van der Waals surface area contributed by atoms with Gasteiger partial charge in [-0.15, -0.1) is 0 Å². The lowest BCUT2D eigenvalue weighted by molar-refractivity contribution is -0.123. The summed E-state index contributed by atoms with van der Waals surface area (Å²) in [6.45, 7) is 0.0538. The number of hydrogen-bond acceptors (Lipinski definition) is 5. The van der Waals surface area contributed by atoms with Crippen LogP contribution in [0.5, 0.6) is 5.75 Å². The van der Waals surface area contributed by atoms with Crippen LogP contribution in [0.25, 0.3) is 0 Å². The maximum absolute atomic E-state index is 12.7. The lowest BCUT2D eigenvalue weighted by atomic mass is 9.89. The highest BCUT2D eigenvalue weighted by atomic mass is 16.5. The van der Waals surface area contributed by atoms with Crippen LogP contribution in [0.1, 0.15) is 17.9 Å². The SMILES string of the molecule is CNC(=O)Cn1cc(NC(=O)C2CC(=O)Nc3ccc(OC)cc32)cn1. The zero-order valence-corrected chi connectivity index (χ0v) is 14.4. The molecule has 0 aliphatic carbocycles. The molecule has 136 valence electrons. The quantitative estimate of drug-likeness (QED) is 0.729. The number of ether oxygens (including phenoxy) is 1. The highest BCUT2D eigenvalue weighted by Gasteiger charge is 2.31. The van der Waals surface area contributed by atoms with E-state index >= 15 is 0 Å². The van der Waals surface area contributed by atoms with Crippen molar-refractivity contribution in [3.63, 3.8) is 0 Å². The van der Waals surface area contributed by atoms with Gasteiger partial charge in [-0.25, -0.2) is 0 Å². The number of aromatic nitrogens is 2. The van der Waals surface area contributed by atoms with Crippen molar-refractivity contribution < 1.29 is 19.1 Å². The van der Waals surface area contributed by atoms with Crippen LogP contribution in [0.3, 0.4) is 0 Å². The number of methoxy groups -OCH3 is 1. The summed E-state index contributed by atoms with van der Waals surface area (Å²) in [4.78, 5) is 36.0. The first kappa shape index (κ1) is 17.5. The summed E-state index contributed by atoms with van der Waals surface area (Å²) in [5.74, 6) is -0.782. The summed E-state index contributed by atoms with van der Waals surface area (Å²) < 4.78 is 6.62. The van der Waals surface area contributed by atoms with Gasteiger partial charge in [0.25, 0.3) is 0 Å². The summed E-state index contributed by atoms with van der Waals surface area (Å²) in [5.41, 5.74) is 1.74. The predicted molar refractivity (Wildman–Crippen MR) is 93.9 cm³/mol. The van der Waals surface area contributed by atoms with E-state index in [4.69, 9.17) is 4.74 Å². The van der Waals surface area contributed by atoms with Gasteiger partial charge < -0.3 is 20.7 Å². The summed E-state index contributed by atoms with van der Waals surface area (Å²) in [7, 11) is 3.08. The largest absolute Gasteiger partial charge is 0.497 e. The van der Waals surface area contributed by atoms with Gasteiger partial charge in [0.2, 0.25) is 17.7 Å². The molecule has 3 amide bonds. The van der Waals surface area contributed by atoms with Gasteiger partial charge in [-0.05, 0) is 23.8 Å². The number of hydrogen-bond donors (Lipinski definition) is 3. The second-order valence-corrected chi connectivity index (χ2v) is 5.85. The minimum atomic E-state index is -0.642. The van der Waals surface area contributed by atoms with Crippen LogP contribution >= 0.6 is 0 Å². The molecule has 3 N–H and O–H groups in total. The highest BCUT2D eigenvalue weighted by Crippen LogP contribution is 2.35. The molecular weight excluding hydrogens is 338 g/mol. The van der Waals surface area contributed by atoms with Crippen LogP contribution in [0.4, 0.5) is 11.4 Å². The molecule has 0 spiro atoms. The Morgan fingerprint density at radius 2 is 2.23 bits per heavy atom. The fourth-order valence-corrected chi connectivity index (χ4v) is 2.77. The van der Waals surface area contributed by atoms with E-state index in [2.05, 4.69) is 21.0 Å². The zero-order valence-electron chi connectivity index (χ0n) is 14.4. The molecule has 1 atom stereocenters. The Morgan fingerprint density at radius 1 is 1.42 bits per heavy atom. The maximum atomic E-state index is 12.7. The summed E-state index contributed by atoms with van der Waals surface area (Å²) in [6, 6.07) is 5.18. The van der Waals surface area contributed by atoms with Crippen molar-refractivity contribution in [2.75, 3.05) is 24.8 Å². The number of nitrogens with one attached hydrogen (secondary N) is 3. The third-order valence-electron chi connectivity index (χ3n) is 4.10. The maximum Gasteiger partial charge on any atom is 0.241 e. The molecule has 1 unspecified atom stereocenters. The second-order valence-electron chi connectivity index (χ2n) is 5.85. The standard InChI is InChI=1S/C17H19N5O4/c1-18-16(24)9-22-8-10(7-19-22)20-17(25)13-6-15(23)21-14-4-3-11(26-2)5-12(13)14/h3-5,7-8,13H,6,9H2,1-2H3,(H,18,24)(H,20,25)(H,21,23). The third-order valence-corrected chi connectivity index (χ3v) is 4.10. The van der Waals surface area contributed by atoms with E-state index < -0.39 is 5.92 Å². The first-order chi connectivity index (χ1) is 12.5. The molecule has 2 heterocycles. The van der Waals surface area contributed by atoms with Gasteiger partial charge in [-0.1, -0.05) is 0 Å². The molecule has 0 saturated heterocycles. The number of benzene rings is 1. The van der Waals surface area contributed by atoms with E-state index in [1.54, 1.807) is 31.5 Å². The van der Waals surface area contributed by atoms with Gasteiger partial charge in [0.1, 0.15) is 12.3 Å². The average Bonchev–Trinajstić information content (AvgIpc) is 3.07. The zero-order chi connectivity index (χ0) is 18.7. The molecule has 9 nitrogen and oxygen atoms in total. The molecule has 0 radical (unpaired) electrons. The Bertz CT molecular complexity index is 861. The number of rotatable bonds is 5. The molecule has 1 aliphatic heterocycles. The van der Waals surface area contributed by atoms with E-state index in [0.29, 0.717) is 22.7 Å². The van der Waals surface area contributed by atoms with Crippen LogP contribution in [0, 0.1) is 0 Å². The topological polar surface area (TPSA) is 114 Å². The number of fused-ring (bicyclic) bond motifs is 1. The molecule has 1 aliphatic rings. The van der Waals surface area contributed by atoms with Crippen LogP contribution in [-0.2, 0) is 20.9 Å². The fourth-order valence-electron chi connectivity index (χ4n) is 2.77. The molecule has 0 fully saturated rings. The average molecular weight is 357 g/mol. The number of carbonyl (C=O) groups excluding carboxylic acids is 3. The van der Waals surface area contributed by atoms with Crippen LogP contribution in [-0.4, -0.2) is 41.7 Å². The smallest absolute Gasteiger partial charge is 0.241 e. The van der Waals surface area contributed by atoms with E-state index in [0.717, 1.165) is 0 Å². The monoisotopic (exact) mass is 357 g/mol. The van der Waals surface area contributed by atoms with Gasteiger partial charge in [-0.2, -0.15) is 5.10 Å². The van der Waals surface area contributed by atoms with Crippen LogP contribution in [0.15, 0.2) is 30.6 Å². The fraction of sp³-hybridized carbons (Fsp3) is 0.294. The molecule has 9 heteroatoms. The number of carbonyl (C=O) groups is 3. The van der Waals surface area contributed by atoms with Gasteiger partial charge in [0, 0.05) is 25.4 Å². The first-order valence-electron chi connectivity index (χ1n) is 8.02. The van der Waals surface area contributed by atoms with Gasteiger partial charge in [0.05, 0.1) is 24.9 Å². The first-order valence-corrected chi connectivity index (χ1v) is 8.02. The van der Waals surface area contributed by atoms with Crippen molar-refractivity contribution in [1.29, 1.82) is 0 Å². The number of anilines is 2. The minimum absolute atomic E-state index is 0.0401. The molecule has 0 bridgehead atoms. The van der Waals surface area contributed by atoms with Gasteiger partial charge in [-0.3, -0.25) is 19.1 Å².